The van der Waals surface area contributed by atoms with Crippen LogP contribution in [0, 0.1) is 0 Å². The Hall–Kier alpha value is -1.96. The van der Waals surface area contributed by atoms with E-state index in [4.69, 9.17) is 4.74 Å². The van der Waals surface area contributed by atoms with Crippen LogP contribution < -0.4 is 14.8 Å². The fourth-order valence-electron chi connectivity index (χ4n) is 1.31. The maximum Gasteiger partial charge on any atom is 0.229 e. The lowest BCUT2D eigenvalue weighted by atomic mass is 10.2. The summed E-state index contributed by atoms with van der Waals surface area (Å²) in [6.45, 7) is 1.30. The Morgan fingerprint density at radius 3 is 2.39 bits per heavy atom. The molecule has 0 unspecified atom stereocenters. The van der Waals surface area contributed by atoms with Crippen LogP contribution in [-0.2, 0) is 14.8 Å². The van der Waals surface area contributed by atoms with Crippen molar-refractivity contribution in [2.24, 2.45) is 0 Å². The topological polar surface area (TPSA) is 105 Å². The minimum atomic E-state index is -3.51. The highest BCUT2D eigenvalue weighted by Crippen LogP contribution is 2.35. The Bertz CT molecular complexity index is 568. The first kappa shape index (κ1) is 14.1. The monoisotopic (exact) mass is 274 g/mol. The first-order valence-corrected chi connectivity index (χ1v) is 6.78. The number of phenolic OH excluding ortho intramolecular Hbond substituents is 1. The van der Waals surface area contributed by atoms with Crippen LogP contribution in [0.25, 0.3) is 0 Å². The van der Waals surface area contributed by atoms with Crippen molar-refractivity contribution < 1.29 is 23.1 Å². The van der Waals surface area contributed by atoms with E-state index in [1.54, 1.807) is 0 Å². The molecule has 1 amide bonds. The number of ether oxygens (including phenoxy) is 1. The number of sulfonamides is 1. The van der Waals surface area contributed by atoms with Crippen molar-refractivity contribution in [2.45, 2.75) is 6.92 Å². The molecule has 0 aliphatic carbocycles. The van der Waals surface area contributed by atoms with Gasteiger partial charge in [-0.25, -0.2) is 8.42 Å². The van der Waals surface area contributed by atoms with Gasteiger partial charge < -0.3 is 15.2 Å². The average Bonchev–Trinajstić information content (AvgIpc) is 2.19. The van der Waals surface area contributed by atoms with Crippen molar-refractivity contribution in [3.05, 3.63) is 12.1 Å². The summed E-state index contributed by atoms with van der Waals surface area (Å²) in [6.07, 6.45) is 0.959. The van der Waals surface area contributed by atoms with E-state index in [1.807, 2.05) is 0 Å². The fourth-order valence-corrected chi connectivity index (χ4v) is 1.87. The number of benzene rings is 1. The molecular weight excluding hydrogens is 260 g/mol. The highest BCUT2D eigenvalue weighted by molar-refractivity contribution is 7.92. The van der Waals surface area contributed by atoms with Gasteiger partial charge in [0.25, 0.3) is 0 Å². The normalized spacial score (nSPS) is 10.8. The van der Waals surface area contributed by atoms with Crippen molar-refractivity contribution in [1.29, 1.82) is 0 Å². The van der Waals surface area contributed by atoms with E-state index in [0.717, 1.165) is 6.26 Å². The summed E-state index contributed by atoms with van der Waals surface area (Å²) in [6, 6.07) is 2.48. The van der Waals surface area contributed by atoms with Crippen LogP contribution >= 0.6 is 0 Å². The van der Waals surface area contributed by atoms with Crippen LogP contribution in [0.2, 0.25) is 0 Å². The second-order valence-electron chi connectivity index (χ2n) is 3.63. The zero-order chi connectivity index (χ0) is 13.9. The molecule has 1 aromatic rings. The van der Waals surface area contributed by atoms with Gasteiger partial charge >= 0.3 is 0 Å². The quantitative estimate of drug-likeness (QED) is 0.702. The summed E-state index contributed by atoms with van der Waals surface area (Å²) >= 11 is 0. The van der Waals surface area contributed by atoms with Crippen molar-refractivity contribution in [2.75, 3.05) is 23.4 Å². The van der Waals surface area contributed by atoms with Gasteiger partial charge in [0.1, 0.15) is 11.5 Å². The van der Waals surface area contributed by atoms with Gasteiger partial charge in [0.05, 0.1) is 24.7 Å². The van der Waals surface area contributed by atoms with Crippen molar-refractivity contribution >= 4 is 27.3 Å². The van der Waals surface area contributed by atoms with Crippen LogP contribution in [0.5, 0.6) is 11.5 Å². The molecule has 8 heteroatoms. The molecule has 1 rings (SSSR count). The minimum Gasteiger partial charge on any atom is -0.506 e. The SMILES string of the molecule is COc1cc(NS(C)(=O)=O)c(O)cc1NC(C)=O. The highest BCUT2D eigenvalue weighted by Gasteiger charge is 2.13. The number of nitrogens with one attached hydrogen (secondary N) is 2. The third kappa shape index (κ3) is 3.81. The second-order valence-corrected chi connectivity index (χ2v) is 5.37. The lowest BCUT2D eigenvalue weighted by Gasteiger charge is -2.13. The number of anilines is 2. The van der Waals surface area contributed by atoms with E-state index in [-0.39, 0.29) is 28.8 Å². The van der Waals surface area contributed by atoms with Crippen molar-refractivity contribution in [3.8, 4) is 11.5 Å². The van der Waals surface area contributed by atoms with Crippen LogP contribution in [0.15, 0.2) is 12.1 Å². The molecule has 7 nitrogen and oxygen atoms in total. The summed E-state index contributed by atoms with van der Waals surface area (Å²) < 4.78 is 29.3. The summed E-state index contributed by atoms with van der Waals surface area (Å²) in [5.74, 6) is -0.421. The van der Waals surface area contributed by atoms with Gasteiger partial charge in [-0.1, -0.05) is 0 Å². The molecular formula is C10H14N2O5S. The van der Waals surface area contributed by atoms with Gasteiger partial charge in [0.15, 0.2) is 0 Å². The molecule has 0 aliphatic rings. The fraction of sp³-hybridized carbons (Fsp3) is 0.300. The summed E-state index contributed by atoms with van der Waals surface area (Å²) in [5, 5.41) is 12.1. The summed E-state index contributed by atoms with van der Waals surface area (Å²) in [7, 11) is -2.15. The lowest BCUT2D eigenvalue weighted by Crippen LogP contribution is -2.11. The molecule has 0 heterocycles. The van der Waals surface area contributed by atoms with E-state index in [2.05, 4.69) is 10.0 Å². The molecule has 0 spiro atoms. The lowest BCUT2D eigenvalue weighted by molar-refractivity contribution is -0.114. The number of carbonyl (C=O) groups is 1. The van der Waals surface area contributed by atoms with Gasteiger partial charge in [-0.05, 0) is 0 Å². The number of phenols is 1. The van der Waals surface area contributed by atoms with E-state index in [9.17, 15) is 18.3 Å². The Labute approximate surface area is 105 Å². The molecule has 0 radical (unpaired) electrons. The predicted octanol–water partition coefficient (Wildman–Crippen LogP) is 0.731. The van der Waals surface area contributed by atoms with Crippen LogP contribution in [0.4, 0.5) is 11.4 Å². The van der Waals surface area contributed by atoms with E-state index in [0.29, 0.717) is 0 Å². The van der Waals surface area contributed by atoms with Crippen LogP contribution in [-0.4, -0.2) is 32.8 Å². The first-order valence-electron chi connectivity index (χ1n) is 4.89. The Balaban J connectivity index is 3.22. The van der Waals surface area contributed by atoms with Gasteiger partial charge in [0, 0.05) is 19.1 Å². The number of methoxy groups -OCH3 is 1. The number of carbonyl (C=O) groups excluding carboxylic acids is 1. The molecule has 0 saturated carbocycles. The third-order valence-electron chi connectivity index (χ3n) is 1.92. The standard InChI is InChI=1S/C10H14N2O5S/c1-6(13)11-8-4-9(14)7(5-10(8)17-2)12-18(3,15)16/h4-5,12,14H,1-3H3,(H,11,13). The van der Waals surface area contributed by atoms with Crippen LogP contribution in [0.1, 0.15) is 6.92 Å². The van der Waals surface area contributed by atoms with E-state index in [1.165, 1.54) is 26.2 Å². The maximum atomic E-state index is 11.1. The molecule has 0 fully saturated rings. The molecule has 100 valence electrons. The molecule has 0 aromatic heterocycles. The molecule has 1 aromatic carbocycles. The van der Waals surface area contributed by atoms with Gasteiger partial charge in [-0.3, -0.25) is 9.52 Å². The maximum absolute atomic E-state index is 11.1. The highest BCUT2D eigenvalue weighted by atomic mass is 32.2. The number of hydrogen-bond donors (Lipinski definition) is 3. The summed E-state index contributed by atoms with van der Waals surface area (Å²) in [5.41, 5.74) is 0.227. The molecule has 0 atom stereocenters. The molecule has 0 aliphatic heterocycles. The Morgan fingerprint density at radius 1 is 1.33 bits per heavy atom. The van der Waals surface area contributed by atoms with Gasteiger partial charge in [-0.15, -0.1) is 0 Å². The smallest absolute Gasteiger partial charge is 0.229 e. The number of aromatic hydroxyl groups is 1. The number of rotatable bonds is 4. The first-order chi connectivity index (χ1) is 8.23. The minimum absolute atomic E-state index is 0.0246. The number of hydrogen-bond acceptors (Lipinski definition) is 5. The molecule has 0 bridgehead atoms. The molecule has 0 saturated heterocycles. The Kier molecular flexibility index (Phi) is 4.02. The third-order valence-corrected chi connectivity index (χ3v) is 2.51. The van der Waals surface area contributed by atoms with E-state index < -0.39 is 10.0 Å². The summed E-state index contributed by atoms with van der Waals surface area (Å²) in [4.78, 5) is 10.9. The van der Waals surface area contributed by atoms with E-state index >= 15 is 0 Å². The van der Waals surface area contributed by atoms with Crippen LogP contribution in [0.3, 0.4) is 0 Å². The second kappa shape index (κ2) is 5.13. The zero-order valence-corrected chi connectivity index (χ0v) is 11.0. The molecule has 18 heavy (non-hydrogen) atoms. The predicted molar refractivity (Wildman–Crippen MR) is 67.4 cm³/mol. The van der Waals surface area contributed by atoms with Gasteiger partial charge in [-0.2, -0.15) is 0 Å². The van der Waals surface area contributed by atoms with Crippen molar-refractivity contribution in [3.63, 3.8) is 0 Å². The van der Waals surface area contributed by atoms with Gasteiger partial charge in [0.2, 0.25) is 15.9 Å². The van der Waals surface area contributed by atoms with Crippen molar-refractivity contribution in [1.82, 2.24) is 0 Å². The zero-order valence-electron chi connectivity index (χ0n) is 10.1. The Morgan fingerprint density at radius 2 is 1.94 bits per heavy atom. The largest absolute Gasteiger partial charge is 0.506 e. The average molecular weight is 274 g/mol. The number of amides is 1. The molecule has 3 N–H and O–H groups in total.